The Bertz CT molecular complexity index is 1390. The van der Waals surface area contributed by atoms with E-state index < -0.39 is 10.1 Å². The average Bonchev–Trinajstić information content (AvgIpc) is 3.29. The number of para-hydroxylation sites is 1. The van der Waals surface area contributed by atoms with Gasteiger partial charge in [0.1, 0.15) is 12.4 Å². The Hall–Kier alpha value is -3.73. The highest BCUT2D eigenvalue weighted by molar-refractivity contribution is 7.85. The molecule has 4 N–H and O–H groups in total. The molecule has 8 nitrogen and oxygen atoms in total. The van der Waals surface area contributed by atoms with Gasteiger partial charge in [-0.05, 0) is 43.2 Å². The zero-order valence-electron chi connectivity index (χ0n) is 19.7. The molecule has 1 heterocycles. The quantitative estimate of drug-likeness (QED) is 0.269. The summed E-state index contributed by atoms with van der Waals surface area (Å²) in [6.07, 6.45) is 1.34. The van der Waals surface area contributed by atoms with Gasteiger partial charge in [0, 0.05) is 18.7 Å². The summed E-state index contributed by atoms with van der Waals surface area (Å²) in [6, 6.07) is 22.0. The molecule has 4 aromatic rings. The Labute approximate surface area is 209 Å². The molecule has 1 aromatic heterocycles. The van der Waals surface area contributed by atoms with E-state index in [4.69, 9.17) is 19.4 Å². The summed E-state index contributed by atoms with van der Waals surface area (Å²) in [7, 11) is -4.02. The van der Waals surface area contributed by atoms with Crippen molar-refractivity contribution in [2.24, 2.45) is 5.73 Å². The van der Waals surface area contributed by atoms with Crippen molar-refractivity contribution < 1.29 is 26.5 Å². The highest BCUT2D eigenvalue weighted by atomic mass is 32.2. The number of ether oxygens (including phenoxy) is 1. The predicted octanol–water partition coefficient (Wildman–Crippen LogP) is 4.92. The number of anilines is 1. The fourth-order valence-electron chi connectivity index (χ4n) is 3.09. The van der Waals surface area contributed by atoms with Crippen LogP contribution in [0.1, 0.15) is 11.1 Å². The minimum absolute atomic E-state index is 0.0666. The molecule has 0 bridgehead atoms. The van der Waals surface area contributed by atoms with Crippen molar-refractivity contribution in [3.63, 3.8) is 0 Å². The fourth-order valence-corrected chi connectivity index (χ4v) is 3.57. The smallest absolute Gasteiger partial charge is 0.295 e. The first-order valence-electron chi connectivity index (χ1n) is 11.1. The molecular formula is C26H28FN3O5S. The Kier molecular flexibility index (Phi) is 9.57. The van der Waals surface area contributed by atoms with Gasteiger partial charge in [0.2, 0.25) is 0 Å². The molecule has 0 aliphatic heterocycles. The lowest BCUT2D eigenvalue weighted by Crippen LogP contribution is -2.10. The van der Waals surface area contributed by atoms with Crippen molar-refractivity contribution in [3.05, 3.63) is 95.8 Å². The monoisotopic (exact) mass is 513 g/mol. The predicted molar refractivity (Wildman–Crippen MR) is 137 cm³/mol. The van der Waals surface area contributed by atoms with E-state index in [1.807, 2.05) is 31.2 Å². The Morgan fingerprint density at radius 2 is 1.83 bits per heavy atom. The summed E-state index contributed by atoms with van der Waals surface area (Å²) in [5.41, 5.74) is 9.21. The summed E-state index contributed by atoms with van der Waals surface area (Å²) in [5.74, 6) is 0.533. The van der Waals surface area contributed by atoms with Crippen LogP contribution < -0.4 is 15.8 Å². The molecule has 0 spiro atoms. The second-order valence-electron chi connectivity index (χ2n) is 7.83. The van der Waals surface area contributed by atoms with Crippen LogP contribution in [0.2, 0.25) is 0 Å². The maximum atomic E-state index is 12.6. The molecule has 0 atom stereocenters. The Morgan fingerprint density at radius 3 is 2.47 bits per heavy atom. The van der Waals surface area contributed by atoms with Crippen LogP contribution in [0.5, 0.6) is 5.75 Å². The van der Waals surface area contributed by atoms with Gasteiger partial charge in [-0.1, -0.05) is 54.1 Å². The maximum Gasteiger partial charge on any atom is 0.295 e. The third-order valence-corrected chi connectivity index (χ3v) is 5.93. The van der Waals surface area contributed by atoms with Gasteiger partial charge in [0.05, 0.1) is 11.2 Å². The van der Waals surface area contributed by atoms with Crippen molar-refractivity contribution in [2.45, 2.75) is 18.2 Å². The second-order valence-corrected chi connectivity index (χ2v) is 9.25. The largest absolute Gasteiger partial charge is 0.487 e. The summed E-state index contributed by atoms with van der Waals surface area (Å²) in [5, 5.41) is 3.17. The van der Waals surface area contributed by atoms with Gasteiger partial charge in [-0.3, -0.25) is 4.55 Å². The molecule has 0 amide bonds. The number of benzene rings is 3. The van der Waals surface area contributed by atoms with E-state index in [2.05, 4.69) is 22.4 Å². The third kappa shape index (κ3) is 7.91. The highest BCUT2D eigenvalue weighted by Crippen LogP contribution is 2.28. The Morgan fingerprint density at radius 1 is 1.11 bits per heavy atom. The average molecular weight is 514 g/mol. The number of fused-ring (bicyclic) bond motifs is 1. The SMILES string of the molecule is Cc1ccc(S(=O)(=O)O)cc1.NCC(=CF)COc1cccc2oc(NCCc3ccccc3)nc12. The lowest BCUT2D eigenvalue weighted by Gasteiger charge is -2.06. The van der Waals surface area contributed by atoms with Gasteiger partial charge < -0.3 is 20.2 Å². The summed E-state index contributed by atoms with van der Waals surface area (Å²) in [4.78, 5) is 4.36. The van der Waals surface area contributed by atoms with E-state index in [-0.39, 0.29) is 18.0 Å². The minimum atomic E-state index is -4.02. The molecule has 3 aromatic carbocycles. The van der Waals surface area contributed by atoms with Gasteiger partial charge >= 0.3 is 0 Å². The van der Waals surface area contributed by atoms with Crippen LogP contribution in [-0.4, -0.2) is 37.7 Å². The highest BCUT2D eigenvalue weighted by Gasteiger charge is 2.11. The van der Waals surface area contributed by atoms with Gasteiger partial charge in [-0.15, -0.1) is 0 Å². The van der Waals surface area contributed by atoms with Gasteiger partial charge in [-0.2, -0.15) is 13.4 Å². The molecule has 0 saturated carbocycles. The second kappa shape index (κ2) is 12.8. The standard InChI is InChI=1S/C19H20FN3O2.C7H8O3S/c20-11-15(12-21)13-24-16-7-4-8-17-18(16)23-19(25-17)22-10-9-14-5-2-1-3-6-14;1-6-2-4-7(5-3-6)11(8,9)10/h1-8,11H,9-10,12-13,21H2,(H,22,23);2-5H,1H3,(H,8,9,10). The number of nitrogens with two attached hydrogens (primary N) is 1. The fraction of sp³-hybridized carbons (Fsp3) is 0.192. The topological polar surface area (TPSA) is 128 Å². The summed E-state index contributed by atoms with van der Waals surface area (Å²) in [6.45, 7) is 2.73. The number of oxazole rings is 1. The number of nitrogens with zero attached hydrogens (tertiary/aromatic N) is 1. The lowest BCUT2D eigenvalue weighted by atomic mass is 10.1. The molecule has 0 aliphatic rings. The molecule has 10 heteroatoms. The van der Waals surface area contributed by atoms with Crippen LogP contribution in [0, 0.1) is 6.92 Å². The van der Waals surface area contributed by atoms with Crippen LogP contribution in [0.3, 0.4) is 0 Å². The van der Waals surface area contributed by atoms with Crippen molar-refractivity contribution in [1.82, 2.24) is 4.98 Å². The van der Waals surface area contributed by atoms with Crippen LogP contribution >= 0.6 is 0 Å². The normalized spacial score (nSPS) is 11.6. The van der Waals surface area contributed by atoms with Crippen molar-refractivity contribution in [2.75, 3.05) is 25.0 Å². The number of nitrogens with one attached hydrogen (secondary N) is 1. The molecule has 0 saturated heterocycles. The van der Waals surface area contributed by atoms with Crippen LogP contribution in [0.4, 0.5) is 10.4 Å². The summed E-state index contributed by atoms with van der Waals surface area (Å²) >= 11 is 0. The van der Waals surface area contributed by atoms with Crippen molar-refractivity contribution >= 4 is 27.2 Å². The number of aromatic nitrogens is 1. The number of rotatable bonds is 9. The van der Waals surface area contributed by atoms with Crippen LogP contribution in [-0.2, 0) is 16.5 Å². The van der Waals surface area contributed by atoms with Gasteiger partial charge in [0.15, 0.2) is 11.1 Å². The number of hydrogen-bond acceptors (Lipinski definition) is 7. The number of aryl methyl sites for hydroxylation is 1. The first-order valence-corrected chi connectivity index (χ1v) is 12.6. The zero-order chi connectivity index (χ0) is 26.0. The Balaban J connectivity index is 0.000000275. The van der Waals surface area contributed by atoms with E-state index in [0.29, 0.717) is 41.3 Å². The van der Waals surface area contributed by atoms with Gasteiger partial charge in [0.25, 0.3) is 16.1 Å². The van der Waals surface area contributed by atoms with E-state index in [9.17, 15) is 12.8 Å². The number of halogens is 1. The first-order chi connectivity index (χ1) is 17.3. The van der Waals surface area contributed by atoms with E-state index in [1.54, 1.807) is 24.3 Å². The molecule has 0 radical (unpaired) electrons. The third-order valence-electron chi connectivity index (χ3n) is 5.06. The van der Waals surface area contributed by atoms with Crippen LogP contribution in [0.25, 0.3) is 11.1 Å². The molecule has 0 aliphatic carbocycles. The zero-order valence-corrected chi connectivity index (χ0v) is 20.5. The molecular weight excluding hydrogens is 485 g/mol. The molecule has 4 rings (SSSR count). The molecule has 0 fully saturated rings. The maximum absolute atomic E-state index is 12.6. The number of hydrogen-bond donors (Lipinski definition) is 3. The van der Waals surface area contributed by atoms with E-state index >= 15 is 0 Å². The molecule has 0 unspecified atom stereocenters. The van der Waals surface area contributed by atoms with Gasteiger partial charge in [-0.25, -0.2) is 4.39 Å². The van der Waals surface area contributed by atoms with Crippen molar-refractivity contribution in [3.8, 4) is 5.75 Å². The minimum Gasteiger partial charge on any atom is -0.487 e. The lowest BCUT2D eigenvalue weighted by molar-refractivity contribution is 0.351. The van der Waals surface area contributed by atoms with E-state index in [0.717, 1.165) is 12.0 Å². The van der Waals surface area contributed by atoms with E-state index in [1.165, 1.54) is 17.7 Å². The molecule has 36 heavy (non-hydrogen) atoms. The summed E-state index contributed by atoms with van der Waals surface area (Å²) < 4.78 is 53.4. The van der Waals surface area contributed by atoms with Crippen LogP contribution in [0.15, 0.2) is 94.0 Å². The first kappa shape index (κ1) is 26.9. The van der Waals surface area contributed by atoms with Crippen molar-refractivity contribution in [1.29, 1.82) is 0 Å². The molecule has 190 valence electrons.